The van der Waals surface area contributed by atoms with Crippen molar-refractivity contribution < 1.29 is 9.90 Å². The van der Waals surface area contributed by atoms with Crippen LogP contribution < -0.4 is 5.43 Å². The van der Waals surface area contributed by atoms with E-state index in [0.717, 1.165) is 11.3 Å². The van der Waals surface area contributed by atoms with Crippen LogP contribution in [0.2, 0.25) is 0 Å². The predicted octanol–water partition coefficient (Wildman–Crippen LogP) is 5.18. The van der Waals surface area contributed by atoms with Crippen molar-refractivity contribution in [1.82, 2.24) is 20.2 Å². The lowest BCUT2D eigenvalue weighted by Crippen LogP contribution is -2.20. The van der Waals surface area contributed by atoms with Gasteiger partial charge in [0.15, 0.2) is 11.0 Å². The zero-order valence-corrected chi connectivity index (χ0v) is 20.7. The Balaban J connectivity index is 1.53. The van der Waals surface area contributed by atoms with Gasteiger partial charge in [0.25, 0.3) is 5.91 Å². The number of aromatic nitrogens is 3. The smallest absolute Gasteiger partial charge is 0.250 e. The summed E-state index contributed by atoms with van der Waals surface area (Å²) in [6.45, 7) is 6.54. The van der Waals surface area contributed by atoms with Crippen molar-refractivity contribution in [2.75, 3.05) is 5.75 Å². The van der Waals surface area contributed by atoms with Gasteiger partial charge < -0.3 is 5.11 Å². The van der Waals surface area contributed by atoms with E-state index in [1.54, 1.807) is 24.3 Å². The minimum absolute atomic E-state index is 0.0573. The van der Waals surface area contributed by atoms with Crippen molar-refractivity contribution in [2.24, 2.45) is 5.10 Å². The summed E-state index contributed by atoms with van der Waals surface area (Å²) in [6, 6.07) is 24.9. The number of nitrogens with zero attached hydrogens (tertiary/aromatic N) is 4. The Kier molecular flexibility index (Phi) is 7.31. The Labute approximate surface area is 208 Å². The third-order valence-electron chi connectivity index (χ3n) is 5.32. The van der Waals surface area contributed by atoms with Crippen LogP contribution in [0.4, 0.5) is 0 Å². The van der Waals surface area contributed by atoms with Gasteiger partial charge in [-0.25, -0.2) is 5.43 Å². The number of hydrogen-bond acceptors (Lipinski definition) is 6. The summed E-state index contributed by atoms with van der Waals surface area (Å²) in [7, 11) is 0. The second-order valence-electron chi connectivity index (χ2n) is 8.95. The van der Waals surface area contributed by atoms with Gasteiger partial charge >= 0.3 is 0 Å². The van der Waals surface area contributed by atoms with Crippen LogP contribution in [-0.4, -0.2) is 37.7 Å². The molecule has 0 atom stereocenters. The number of carbonyl (C=O) groups excluding carboxylic acids is 1. The summed E-state index contributed by atoms with van der Waals surface area (Å²) >= 11 is 1.28. The van der Waals surface area contributed by atoms with E-state index >= 15 is 0 Å². The van der Waals surface area contributed by atoms with Gasteiger partial charge in [-0.2, -0.15) is 5.10 Å². The second-order valence-corrected chi connectivity index (χ2v) is 9.89. The van der Waals surface area contributed by atoms with E-state index in [4.69, 9.17) is 0 Å². The number of thioether (sulfide) groups is 1. The lowest BCUT2D eigenvalue weighted by molar-refractivity contribution is -0.118. The van der Waals surface area contributed by atoms with Crippen molar-refractivity contribution in [2.45, 2.75) is 31.3 Å². The van der Waals surface area contributed by atoms with Gasteiger partial charge in [-0.3, -0.25) is 9.36 Å². The summed E-state index contributed by atoms with van der Waals surface area (Å²) in [5.74, 6) is 0.614. The number of phenols is 1. The van der Waals surface area contributed by atoms with Crippen molar-refractivity contribution in [3.05, 3.63) is 90.0 Å². The maximum Gasteiger partial charge on any atom is 0.250 e. The van der Waals surface area contributed by atoms with Crippen LogP contribution >= 0.6 is 11.8 Å². The first-order chi connectivity index (χ1) is 16.8. The van der Waals surface area contributed by atoms with Crippen molar-refractivity contribution in [3.63, 3.8) is 0 Å². The molecule has 2 N–H and O–H groups in total. The highest BCUT2D eigenvalue weighted by molar-refractivity contribution is 7.99. The molecule has 0 saturated heterocycles. The topological polar surface area (TPSA) is 92.4 Å². The van der Waals surface area contributed by atoms with E-state index in [0.29, 0.717) is 16.5 Å². The third kappa shape index (κ3) is 5.96. The fourth-order valence-electron chi connectivity index (χ4n) is 3.41. The van der Waals surface area contributed by atoms with Gasteiger partial charge in [-0.1, -0.05) is 87.1 Å². The van der Waals surface area contributed by atoms with Crippen LogP contribution in [-0.2, 0) is 10.2 Å². The number of benzene rings is 3. The van der Waals surface area contributed by atoms with Gasteiger partial charge in [0, 0.05) is 16.8 Å². The maximum absolute atomic E-state index is 12.4. The van der Waals surface area contributed by atoms with E-state index in [9.17, 15) is 9.90 Å². The Hall–Kier alpha value is -3.91. The molecule has 1 amide bonds. The quantitative estimate of drug-likeness (QED) is 0.214. The van der Waals surface area contributed by atoms with Crippen molar-refractivity contribution in [3.8, 4) is 22.8 Å². The molecule has 0 unspecified atom stereocenters. The molecule has 0 fully saturated rings. The minimum atomic E-state index is -0.291. The van der Waals surface area contributed by atoms with E-state index in [-0.39, 0.29) is 22.8 Å². The normalized spacial score (nSPS) is 11.6. The Morgan fingerprint density at radius 2 is 1.69 bits per heavy atom. The molecule has 8 heteroatoms. The van der Waals surface area contributed by atoms with Crippen LogP contribution in [0.15, 0.2) is 89.1 Å². The third-order valence-corrected chi connectivity index (χ3v) is 6.25. The standard InChI is InChI=1S/C27H27N5O2S/c1-27(2,3)21-15-13-19(14-16-21)25-30-31-26(32(25)22-10-5-4-6-11-22)35-18-24(34)29-28-17-20-9-7-8-12-23(20)33/h4-17,33H,18H2,1-3H3,(H,29,34)/b28-17-. The van der Waals surface area contributed by atoms with E-state index in [2.05, 4.69) is 65.8 Å². The van der Waals surface area contributed by atoms with E-state index in [1.807, 2.05) is 34.9 Å². The zero-order chi connectivity index (χ0) is 24.8. The molecule has 0 aliphatic heterocycles. The number of amides is 1. The molecule has 1 aromatic heterocycles. The lowest BCUT2D eigenvalue weighted by atomic mass is 9.87. The molecule has 4 aromatic rings. The summed E-state index contributed by atoms with van der Waals surface area (Å²) in [5, 5.41) is 23.2. The fraction of sp³-hybridized carbons (Fsp3) is 0.185. The Morgan fingerprint density at radius 1 is 1.00 bits per heavy atom. The summed E-state index contributed by atoms with van der Waals surface area (Å²) < 4.78 is 1.95. The van der Waals surface area contributed by atoms with Gasteiger partial charge in [-0.05, 0) is 35.2 Å². The summed E-state index contributed by atoms with van der Waals surface area (Å²) in [6.07, 6.45) is 1.41. The van der Waals surface area contributed by atoms with Crippen LogP contribution in [0.1, 0.15) is 31.9 Å². The number of para-hydroxylation sites is 2. The van der Waals surface area contributed by atoms with Crippen LogP contribution in [0.25, 0.3) is 17.1 Å². The highest BCUT2D eigenvalue weighted by Gasteiger charge is 2.19. The predicted molar refractivity (Wildman–Crippen MR) is 140 cm³/mol. The lowest BCUT2D eigenvalue weighted by Gasteiger charge is -2.19. The van der Waals surface area contributed by atoms with Gasteiger partial charge in [0.05, 0.1) is 12.0 Å². The first kappa shape index (κ1) is 24.2. The van der Waals surface area contributed by atoms with E-state index in [1.165, 1.54) is 23.5 Å². The molecular formula is C27H27N5O2S. The fourth-order valence-corrected chi connectivity index (χ4v) is 4.16. The number of carbonyl (C=O) groups is 1. The molecular weight excluding hydrogens is 458 g/mol. The summed E-state index contributed by atoms with van der Waals surface area (Å²) in [5.41, 5.74) is 6.16. The Bertz CT molecular complexity index is 1330. The average Bonchev–Trinajstić information content (AvgIpc) is 3.28. The van der Waals surface area contributed by atoms with Gasteiger partial charge in [0.2, 0.25) is 0 Å². The number of hydrazone groups is 1. The molecule has 0 spiro atoms. The van der Waals surface area contributed by atoms with Crippen LogP contribution in [0.3, 0.4) is 0 Å². The molecule has 7 nitrogen and oxygen atoms in total. The molecule has 0 aliphatic rings. The summed E-state index contributed by atoms with van der Waals surface area (Å²) in [4.78, 5) is 12.4. The molecule has 178 valence electrons. The van der Waals surface area contributed by atoms with Crippen LogP contribution in [0.5, 0.6) is 5.75 Å². The first-order valence-electron chi connectivity index (χ1n) is 11.2. The maximum atomic E-state index is 12.4. The first-order valence-corrected chi connectivity index (χ1v) is 12.2. The number of phenolic OH excluding ortho intramolecular Hbond substituents is 1. The number of hydrogen-bond donors (Lipinski definition) is 2. The largest absolute Gasteiger partial charge is 0.507 e. The Morgan fingerprint density at radius 3 is 2.37 bits per heavy atom. The number of nitrogens with one attached hydrogen (secondary N) is 1. The molecule has 0 saturated carbocycles. The highest BCUT2D eigenvalue weighted by Crippen LogP contribution is 2.30. The molecule has 4 rings (SSSR count). The molecule has 35 heavy (non-hydrogen) atoms. The average molecular weight is 486 g/mol. The molecule has 3 aromatic carbocycles. The monoisotopic (exact) mass is 485 g/mol. The number of aromatic hydroxyl groups is 1. The second kappa shape index (κ2) is 10.6. The molecule has 0 aliphatic carbocycles. The molecule has 0 bridgehead atoms. The zero-order valence-electron chi connectivity index (χ0n) is 19.8. The number of rotatable bonds is 7. The molecule has 0 radical (unpaired) electrons. The highest BCUT2D eigenvalue weighted by atomic mass is 32.2. The SMILES string of the molecule is CC(C)(C)c1ccc(-c2nnc(SCC(=O)N/N=C\c3ccccc3O)n2-c2ccccc2)cc1. The van der Waals surface area contributed by atoms with Gasteiger partial charge in [-0.15, -0.1) is 10.2 Å². The van der Waals surface area contributed by atoms with Crippen molar-refractivity contribution in [1.29, 1.82) is 0 Å². The van der Waals surface area contributed by atoms with E-state index < -0.39 is 0 Å². The molecule has 1 heterocycles. The minimum Gasteiger partial charge on any atom is -0.507 e. The van der Waals surface area contributed by atoms with Gasteiger partial charge in [0.1, 0.15) is 5.75 Å². The van der Waals surface area contributed by atoms with Crippen LogP contribution in [0, 0.1) is 0 Å². The van der Waals surface area contributed by atoms with Crippen molar-refractivity contribution >= 4 is 23.9 Å².